The zero-order valence-corrected chi connectivity index (χ0v) is 9.94. The summed E-state index contributed by atoms with van der Waals surface area (Å²) in [4.78, 5) is 0. The van der Waals surface area contributed by atoms with Gasteiger partial charge in [-0.3, -0.25) is 0 Å². The van der Waals surface area contributed by atoms with Gasteiger partial charge in [-0.1, -0.05) is 20.8 Å². The summed E-state index contributed by atoms with van der Waals surface area (Å²) < 4.78 is 11.2. The van der Waals surface area contributed by atoms with Gasteiger partial charge in [0.2, 0.25) is 0 Å². The Hall–Kier alpha value is 0.137. The lowest BCUT2D eigenvalue weighted by molar-refractivity contribution is 0.189. The summed E-state index contributed by atoms with van der Waals surface area (Å²) in [6.45, 7) is 12.2. The highest BCUT2D eigenvalue weighted by Crippen LogP contribution is 2.33. The van der Waals surface area contributed by atoms with Crippen LogP contribution in [0.1, 0.15) is 41.0 Å². The molecule has 0 rings (SSSR count). The molecule has 0 heterocycles. The molecule has 0 spiro atoms. The van der Waals surface area contributed by atoms with E-state index in [1.165, 1.54) is 0 Å². The lowest BCUT2D eigenvalue weighted by Gasteiger charge is -2.28. The third kappa shape index (κ3) is 3.69. The Bertz CT molecular complexity index is 109. The first-order valence-corrected chi connectivity index (χ1v) is 6.03. The molecule has 0 amide bonds. The van der Waals surface area contributed by atoms with E-state index in [0.717, 1.165) is 19.6 Å². The van der Waals surface area contributed by atoms with E-state index >= 15 is 0 Å². The maximum atomic E-state index is 5.62. The van der Waals surface area contributed by atoms with Gasteiger partial charge in [0.1, 0.15) is 0 Å². The van der Waals surface area contributed by atoms with Crippen LogP contribution in [-0.4, -0.2) is 22.5 Å². The first-order chi connectivity index (χ1) is 5.58. The summed E-state index contributed by atoms with van der Waals surface area (Å²) >= 11 is 0. The predicted molar refractivity (Wildman–Crippen MR) is 53.3 cm³/mol. The molecule has 0 aromatic heterocycles. The molecule has 0 bridgehead atoms. The number of hydrogen-bond acceptors (Lipinski definition) is 2. The molecule has 0 aromatic rings. The molecule has 0 aromatic carbocycles. The van der Waals surface area contributed by atoms with Crippen LogP contribution >= 0.6 is 0 Å². The van der Waals surface area contributed by atoms with Crippen LogP contribution in [0.15, 0.2) is 0 Å². The van der Waals surface area contributed by atoms with E-state index in [-0.39, 0.29) is 5.04 Å². The Labute approximate surface area is 78.1 Å². The number of hydrogen-bond donors (Lipinski definition) is 0. The molecule has 0 aliphatic heterocycles. The molecule has 2 nitrogen and oxygen atoms in total. The van der Waals surface area contributed by atoms with Crippen molar-refractivity contribution in [3.8, 4) is 0 Å². The Morgan fingerprint density at radius 2 is 1.42 bits per heavy atom. The maximum Gasteiger partial charge on any atom is 0.390 e. The molecule has 73 valence electrons. The first kappa shape index (κ1) is 12.1. The lowest BCUT2D eigenvalue weighted by Crippen LogP contribution is -2.34. The maximum absolute atomic E-state index is 5.62. The van der Waals surface area contributed by atoms with Crippen molar-refractivity contribution in [2.24, 2.45) is 0 Å². The highest BCUT2D eigenvalue weighted by atomic mass is 28.3. The second-order valence-electron chi connectivity index (χ2n) is 3.39. The molecule has 0 unspecified atom stereocenters. The van der Waals surface area contributed by atoms with Crippen LogP contribution in [0.4, 0.5) is 0 Å². The van der Waals surface area contributed by atoms with Crippen LogP contribution < -0.4 is 0 Å². The fourth-order valence-electron chi connectivity index (χ4n) is 0.839. The summed E-state index contributed by atoms with van der Waals surface area (Å²) in [6, 6.07) is 0. The molecule has 0 aliphatic rings. The van der Waals surface area contributed by atoms with Gasteiger partial charge in [0, 0.05) is 18.3 Å². The summed E-state index contributed by atoms with van der Waals surface area (Å²) in [5.41, 5.74) is 0. The Morgan fingerprint density at radius 3 is 1.67 bits per heavy atom. The van der Waals surface area contributed by atoms with Gasteiger partial charge in [-0.05, 0) is 20.3 Å². The van der Waals surface area contributed by atoms with Crippen LogP contribution in [0.2, 0.25) is 5.04 Å². The van der Waals surface area contributed by atoms with Crippen molar-refractivity contribution in [2.75, 3.05) is 13.2 Å². The first-order valence-electron chi connectivity index (χ1n) is 4.71. The molecule has 0 aliphatic carbocycles. The minimum atomic E-state index is -1.07. The van der Waals surface area contributed by atoms with Crippen molar-refractivity contribution in [1.29, 1.82) is 0 Å². The van der Waals surface area contributed by atoms with E-state index in [1.54, 1.807) is 0 Å². The van der Waals surface area contributed by atoms with Crippen molar-refractivity contribution < 1.29 is 8.85 Å². The molecule has 0 fully saturated rings. The Morgan fingerprint density at radius 1 is 1.00 bits per heavy atom. The fraction of sp³-hybridized carbons (Fsp3) is 1.00. The summed E-state index contributed by atoms with van der Waals surface area (Å²) in [5.74, 6) is 0. The van der Waals surface area contributed by atoms with Crippen LogP contribution in [0.3, 0.4) is 0 Å². The molecular weight excluding hydrogens is 168 g/mol. The highest BCUT2D eigenvalue weighted by molar-refractivity contribution is 6.48. The molecule has 0 atom stereocenters. The van der Waals surface area contributed by atoms with Gasteiger partial charge in [0.25, 0.3) is 0 Å². The van der Waals surface area contributed by atoms with Gasteiger partial charge in [-0.15, -0.1) is 0 Å². The van der Waals surface area contributed by atoms with Crippen LogP contribution in [0.25, 0.3) is 0 Å². The van der Waals surface area contributed by atoms with Crippen LogP contribution in [0, 0.1) is 0 Å². The van der Waals surface area contributed by atoms with Crippen molar-refractivity contribution >= 4 is 9.28 Å². The monoisotopic (exact) mass is 189 g/mol. The Balaban J connectivity index is 4.07. The third-order valence-electron chi connectivity index (χ3n) is 1.99. The normalized spacial score (nSPS) is 12.5. The second kappa shape index (κ2) is 5.73. The van der Waals surface area contributed by atoms with Gasteiger partial charge < -0.3 is 8.85 Å². The van der Waals surface area contributed by atoms with Crippen molar-refractivity contribution in [3.63, 3.8) is 0 Å². The summed E-state index contributed by atoms with van der Waals surface area (Å²) in [5, 5.41) is 0.219. The third-order valence-corrected chi connectivity index (χ3v) is 4.55. The minimum Gasteiger partial charge on any atom is -0.393 e. The highest BCUT2D eigenvalue weighted by Gasteiger charge is 2.34. The molecule has 0 saturated heterocycles. The topological polar surface area (TPSA) is 18.5 Å². The van der Waals surface area contributed by atoms with Gasteiger partial charge >= 0.3 is 9.28 Å². The average Bonchev–Trinajstić information content (AvgIpc) is 2.04. The zero-order chi connectivity index (χ0) is 9.61. The van der Waals surface area contributed by atoms with Gasteiger partial charge in [0.15, 0.2) is 0 Å². The van der Waals surface area contributed by atoms with Crippen molar-refractivity contribution in [2.45, 2.75) is 46.1 Å². The molecule has 3 heteroatoms. The molecule has 0 saturated carbocycles. The summed E-state index contributed by atoms with van der Waals surface area (Å²) in [6.07, 6.45) is 1.11. The van der Waals surface area contributed by atoms with E-state index < -0.39 is 9.28 Å². The van der Waals surface area contributed by atoms with Crippen molar-refractivity contribution in [1.82, 2.24) is 0 Å². The summed E-state index contributed by atoms with van der Waals surface area (Å²) in [7, 11) is -1.07. The molecule has 12 heavy (non-hydrogen) atoms. The van der Waals surface area contributed by atoms with Crippen LogP contribution in [0.5, 0.6) is 0 Å². The van der Waals surface area contributed by atoms with Crippen molar-refractivity contribution in [3.05, 3.63) is 0 Å². The van der Waals surface area contributed by atoms with Crippen LogP contribution in [-0.2, 0) is 8.85 Å². The lowest BCUT2D eigenvalue weighted by atomic mass is 10.1. The quantitative estimate of drug-likeness (QED) is 0.598. The van der Waals surface area contributed by atoms with Gasteiger partial charge in [-0.2, -0.15) is 0 Å². The SMILES string of the molecule is CCO[Si](OCC)C(C)(C)CC. The van der Waals surface area contributed by atoms with Gasteiger partial charge in [0.05, 0.1) is 0 Å². The second-order valence-corrected chi connectivity index (χ2v) is 5.90. The van der Waals surface area contributed by atoms with E-state index in [0.29, 0.717) is 0 Å². The minimum absolute atomic E-state index is 0.219. The molecule has 1 radical (unpaired) electrons. The standard InChI is InChI=1S/C9H21O2Si/c1-6-9(4,5)12(10-7-2)11-8-3/h6-8H2,1-5H3. The van der Waals surface area contributed by atoms with E-state index in [1.807, 2.05) is 13.8 Å². The van der Waals surface area contributed by atoms with E-state index in [2.05, 4.69) is 20.8 Å². The smallest absolute Gasteiger partial charge is 0.390 e. The van der Waals surface area contributed by atoms with E-state index in [4.69, 9.17) is 8.85 Å². The number of rotatable bonds is 6. The molecule has 0 N–H and O–H groups in total. The predicted octanol–water partition coefficient (Wildman–Crippen LogP) is 2.74. The fourth-order valence-corrected chi connectivity index (χ4v) is 2.52. The average molecular weight is 189 g/mol. The molecular formula is C9H21O2Si. The zero-order valence-electron chi connectivity index (χ0n) is 8.94. The van der Waals surface area contributed by atoms with Gasteiger partial charge in [-0.25, -0.2) is 0 Å². The largest absolute Gasteiger partial charge is 0.393 e. The van der Waals surface area contributed by atoms with E-state index in [9.17, 15) is 0 Å². The Kier molecular flexibility index (Phi) is 5.79.